The quantitative estimate of drug-likeness (QED) is 0.605. The zero-order valence-electron chi connectivity index (χ0n) is 9.51. The van der Waals surface area contributed by atoms with Crippen molar-refractivity contribution in [2.24, 2.45) is 0 Å². The number of rotatable bonds is 7. The van der Waals surface area contributed by atoms with Gasteiger partial charge in [0, 0.05) is 19.2 Å². The number of nitrogens with one attached hydrogen (secondary N) is 2. The second kappa shape index (κ2) is 7.21. The van der Waals surface area contributed by atoms with E-state index in [1.807, 2.05) is 7.05 Å². The van der Waals surface area contributed by atoms with E-state index >= 15 is 0 Å². The molecule has 1 aliphatic rings. The van der Waals surface area contributed by atoms with Crippen LogP contribution in [0.25, 0.3) is 0 Å². The van der Waals surface area contributed by atoms with Gasteiger partial charge in [-0.25, -0.2) is 0 Å². The summed E-state index contributed by atoms with van der Waals surface area (Å²) in [6.45, 7) is 5.35. The summed E-state index contributed by atoms with van der Waals surface area (Å²) in [6.07, 6.45) is 5.54. The fourth-order valence-corrected chi connectivity index (χ4v) is 1.93. The Morgan fingerprint density at radius 3 is 3.00 bits per heavy atom. The van der Waals surface area contributed by atoms with Gasteiger partial charge in [-0.05, 0) is 46.2 Å². The van der Waals surface area contributed by atoms with Crippen LogP contribution in [0.3, 0.4) is 0 Å². The monoisotopic (exact) mass is 200 g/mol. The molecule has 0 saturated carbocycles. The number of likely N-dealkylation sites (N-methyl/N-ethyl adjacent to an activating group) is 1. The molecule has 1 heterocycles. The van der Waals surface area contributed by atoms with Crippen LogP contribution in [0.15, 0.2) is 0 Å². The number of ether oxygens (including phenoxy) is 1. The Kier molecular flexibility index (Phi) is 6.15. The highest BCUT2D eigenvalue weighted by Gasteiger charge is 2.14. The van der Waals surface area contributed by atoms with Gasteiger partial charge >= 0.3 is 0 Å². The SMILES string of the molecule is CNCC(C)NCCCC1CCCO1. The molecule has 1 aliphatic heterocycles. The molecule has 0 aromatic carbocycles. The average molecular weight is 200 g/mol. The van der Waals surface area contributed by atoms with Gasteiger partial charge in [0.15, 0.2) is 0 Å². The molecular weight excluding hydrogens is 176 g/mol. The second-order valence-electron chi connectivity index (χ2n) is 4.19. The summed E-state index contributed by atoms with van der Waals surface area (Å²) in [7, 11) is 1.99. The minimum atomic E-state index is 0.552. The van der Waals surface area contributed by atoms with E-state index < -0.39 is 0 Å². The first kappa shape index (κ1) is 12.0. The molecule has 0 bridgehead atoms. The van der Waals surface area contributed by atoms with Gasteiger partial charge in [-0.2, -0.15) is 0 Å². The van der Waals surface area contributed by atoms with E-state index in [0.29, 0.717) is 12.1 Å². The van der Waals surface area contributed by atoms with Crippen molar-refractivity contribution in [1.82, 2.24) is 10.6 Å². The molecule has 3 heteroatoms. The molecule has 1 fully saturated rings. The van der Waals surface area contributed by atoms with E-state index in [1.54, 1.807) is 0 Å². The molecular formula is C11H24N2O. The summed E-state index contributed by atoms with van der Waals surface area (Å²) in [5.41, 5.74) is 0. The van der Waals surface area contributed by atoms with Crippen molar-refractivity contribution in [1.29, 1.82) is 0 Å². The minimum absolute atomic E-state index is 0.552. The molecule has 0 aromatic heterocycles. The van der Waals surface area contributed by atoms with Crippen LogP contribution >= 0.6 is 0 Å². The van der Waals surface area contributed by atoms with Crippen LogP contribution in [-0.2, 0) is 4.74 Å². The van der Waals surface area contributed by atoms with E-state index in [1.165, 1.54) is 25.7 Å². The van der Waals surface area contributed by atoms with Crippen molar-refractivity contribution in [2.75, 3.05) is 26.7 Å². The van der Waals surface area contributed by atoms with Crippen molar-refractivity contribution in [3.63, 3.8) is 0 Å². The van der Waals surface area contributed by atoms with Gasteiger partial charge in [0.2, 0.25) is 0 Å². The van der Waals surface area contributed by atoms with Gasteiger partial charge in [0.1, 0.15) is 0 Å². The number of hydrogen-bond donors (Lipinski definition) is 2. The van der Waals surface area contributed by atoms with E-state index in [-0.39, 0.29) is 0 Å². The van der Waals surface area contributed by atoms with Crippen molar-refractivity contribution < 1.29 is 4.74 Å². The molecule has 1 saturated heterocycles. The second-order valence-corrected chi connectivity index (χ2v) is 4.19. The molecule has 0 aliphatic carbocycles. The standard InChI is InChI=1S/C11H24N2O/c1-10(9-12-2)13-7-3-5-11-6-4-8-14-11/h10-13H,3-9H2,1-2H3. The first-order valence-corrected chi connectivity index (χ1v) is 5.82. The zero-order valence-corrected chi connectivity index (χ0v) is 9.51. The maximum Gasteiger partial charge on any atom is 0.0576 e. The summed E-state index contributed by atoms with van der Waals surface area (Å²) < 4.78 is 5.57. The third kappa shape index (κ3) is 4.94. The first-order valence-electron chi connectivity index (χ1n) is 5.82. The Morgan fingerprint density at radius 2 is 2.36 bits per heavy atom. The Labute approximate surface area is 87.6 Å². The van der Waals surface area contributed by atoms with Gasteiger partial charge in [-0.3, -0.25) is 0 Å². The fourth-order valence-electron chi connectivity index (χ4n) is 1.93. The Hall–Kier alpha value is -0.120. The smallest absolute Gasteiger partial charge is 0.0576 e. The lowest BCUT2D eigenvalue weighted by molar-refractivity contribution is 0.102. The molecule has 84 valence electrons. The Balaban J connectivity index is 1.88. The molecule has 2 unspecified atom stereocenters. The average Bonchev–Trinajstić information content (AvgIpc) is 2.65. The zero-order chi connectivity index (χ0) is 10.2. The van der Waals surface area contributed by atoms with Crippen LogP contribution in [0, 0.1) is 0 Å². The maximum absolute atomic E-state index is 5.57. The normalized spacial score (nSPS) is 24.0. The largest absolute Gasteiger partial charge is 0.378 e. The summed E-state index contributed by atoms with van der Waals surface area (Å²) in [5.74, 6) is 0. The molecule has 2 atom stereocenters. The Morgan fingerprint density at radius 1 is 1.50 bits per heavy atom. The molecule has 0 amide bonds. The summed E-state index contributed by atoms with van der Waals surface area (Å²) in [6, 6.07) is 0.574. The molecule has 1 rings (SSSR count). The predicted octanol–water partition coefficient (Wildman–Crippen LogP) is 1.14. The summed E-state index contributed by atoms with van der Waals surface area (Å²) in [4.78, 5) is 0. The van der Waals surface area contributed by atoms with Crippen LogP contribution in [0.2, 0.25) is 0 Å². The van der Waals surface area contributed by atoms with E-state index in [9.17, 15) is 0 Å². The van der Waals surface area contributed by atoms with Crippen molar-refractivity contribution in [3.8, 4) is 0 Å². The lowest BCUT2D eigenvalue weighted by Gasteiger charge is -2.14. The highest BCUT2D eigenvalue weighted by atomic mass is 16.5. The molecule has 2 N–H and O–H groups in total. The third-order valence-electron chi connectivity index (χ3n) is 2.73. The van der Waals surface area contributed by atoms with E-state index in [4.69, 9.17) is 4.74 Å². The maximum atomic E-state index is 5.57. The highest BCUT2D eigenvalue weighted by Crippen LogP contribution is 2.16. The molecule has 0 spiro atoms. The topological polar surface area (TPSA) is 33.3 Å². The fraction of sp³-hybridized carbons (Fsp3) is 1.00. The van der Waals surface area contributed by atoms with Crippen LogP contribution in [-0.4, -0.2) is 38.9 Å². The minimum Gasteiger partial charge on any atom is -0.378 e. The molecule has 0 radical (unpaired) electrons. The van der Waals surface area contributed by atoms with Gasteiger partial charge in [0.25, 0.3) is 0 Å². The molecule has 14 heavy (non-hydrogen) atoms. The van der Waals surface area contributed by atoms with E-state index in [0.717, 1.165) is 19.7 Å². The van der Waals surface area contributed by atoms with Crippen molar-refractivity contribution in [2.45, 2.75) is 44.8 Å². The lowest BCUT2D eigenvalue weighted by atomic mass is 10.1. The summed E-state index contributed by atoms with van der Waals surface area (Å²) >= 11 is 0. The molecule has 0 aromatic rings. The van der Waals surface area contributed by atoms with Gasteiger partial charge in [-0.1, -0.05) is 0 Å². The van der Waals surface area contributed by atoms with Gasteiger partial charge in [0.05, 0.1) is 6.10 Å². The van der Waals surface area contributed by atoms with Crippen LogP contribution < -0.4 is 10.6 Å². The van der Waals surface area contributed by atoms with Crippen molar-refractivity contribution in [3.05, 3.63) is 0 Å². The predicted molar refractivity (Wildman–Crippen MR) is 59.6 cm³/mol. The van der Waals surface area contributed by atoms with Gasteiger partial charge < -0.3 is 15.4 Å². The third-order valence-corrected chi connectivity index (χ3v) is 2.73. The summed E-state index contributed by atoms with van der Waals surface area (Å²) in [5, 5.41) is 6.65. The Bertz CT molecular complexity index is 135. The van der Waals surface area contributed by atoms with E-state index in [2.05, 4.69) is 17.6 Å². The van der Waals surface area contributed by atoms with Gasteiger partial charge in [-0.15, -0.1) is 0 Å². The van der Waals surface area contributed by atoms with Crippen LogP contribution in [0.5, 0.6) is 0 Å². The first-order chi connectivity index (χ1) is 6.83. The lowest BCUT2D eigenvalue weighted by Crippen LogP contribution is -2.35. The highest BCUT2D eigenvalue weighted by molar-refractivity contribution is 4.67. The molecule has 3 nitrogen and oxygen atoms in total. The van der Waals surface area contributed by atoms with Crippen LogP contribution in [0.1, 0.15) is 32.6 Å². The van der Waals surface area contributed by atoms with Crippen LogP contribution in [0.4, 0.5) is 0 Å². The number of hydrogen-bond acceptors (Lipinski definition) is 3. The van der Waals surface area contributed by atoms with Crippen molar-refractivity contribution >= 4 is 0 Å².